The van der Waals surface area contributed by atoms with Crippen LogP contribution in [0.3, 0.4) is 0 Å². The predicted molar refractivity (Wildman–Crippen MR) is 74.6 cm³/mol. The van der Waals surface area contributed by atoms with Gasteiger partial charge in [0.15, 0.2) is 0 Å². The zero-order valence-corrected chi connectivity index (χ0v) is 10.6. The van der Waals surface area contributed by atoms with Crippen LogP contribution >= 0.6 is 0 Å². The molecule has 0 aliphatic rings. The van der Waals surface area contributed by atoms with Crippen molar-refractivity contribution in [2.24, 2.45) is 0 Å². The number of nitriles is 1. The van der Waals surface area contributed by atoms with Crippen LogP contribution in [0.25, 0.3) is 0 Å². The fourth-order valence-electron chi connectivity index (χ4n) is 1.77. The maximum Gasteiger partial charge on any atom is 0.231 e. The SMILES string of the molecule is CC(C(=O)Nc1ccc(C#N)cc1)c1ccccc1. The Bertz CT molecular complexity index is 597. The Morgan fingerprint density at radius 1 is 1.11 bits per heavy atom. The molecule has 0 saturated heterocycles. The summed E-state index contributed by atoms with van der Waals surface area (Å²) in [7, 11) is 0. The average Bonchev–Trinajstić information content (AvgIpc) is 2.48. The lowest BCUT2D eigenvalue weighted by Crippen LogP contribution is -2.18. The molecule has 3 heteroatoms. The third-order valence-corrected chi connectivity index (χ3v) is 2.97. The summed E-state index contributed by atoms with van der Waals surface area (Å²) in [5, 5.41) is 11.6. The van der Waals surface area contributed by atoms with Gasteiger partial charge >= 0.3 is 0 Å². The highest BCUT2D eigenvalue weighted by molar-refractivity contribution is 5.95. The Labute approximate surface area is 112 Å². The van der Waals surface area contributed by atoms with Crippen molar-refractivity contribution in [1.29, 1.82) is 5.26 Å². The number of nitrogens with one attached hydrogen (secondary N) is 1. The number of amides is 1. The van der Waals surface area contributed by atoms with Crippen LogP contribution in [0.1, 0.15) is 24.0 Å². The number of carbonyl (C=O) groups excluding carboxylic acids is 1. The fourth-order valence-corrected chi connectivity index (χ4v) is 1.77. The molecule has 2 rings (SSSR count). The van der Waals surface area contributed by atoms with Gasteiger partial charge in [-0.15, -0.1) is 0 Å². The van der Waals surface area contributed by atoms with E-state index in [0.29, 0.717) is 11.3 Å². The summed E-state index contributed by atoms with van der Waals surface area (Å²) in [5.41, 5.74) is 2.26. The number of benzene rings is 2. The zero-order chi connectivity index (χ0) is 13.7. The highest BCUT2D eigenvalue weighted by Crippen LogP contribution is 2.17. The molecule has 0 aromatic heterocycles. The van der Waals surface area contributed by atoms with Gasteiger partial charge < -0.3 is 5.32 Å². The zero-order valence-electron chi connectivity index (χ0n) is 10.6. The maximum atomic E-state index is 12.1. The maximum absolute atomic E-state index is 12.1. The van der Waals surface area contributed by atoms with Crippen LogP contribution in [-0.2, 0) is 4.79 Å². The molecule has 0 heterocycles. The number of hydrogen-bond acceptors (Lipinski definition) is 2. The molecule has 0 bridgehead atoms. The van der Waals surface area contributed by atoms with Gasteiger partial charge in [0.25, 0.3) is 0 Å². The quantitative estimate of drug-likeness (QED) is 0.908. The van der Waals surface area contributed by atoms with E-state index in [4.69, 9.17) is 5.26 Å². The molecule has 0 saturated carbocycles. The van der Waals surface area contributed by atoms with Crippen molar-refractivity contribution < 1.29 is 4.79 Å². The summed E-state index contributed by atoms with van der Waals surface area (Å²) < 4.78 is 0. The van der Waals surface area contributed by atoms with Crippen molar-refractivity contribution in [3.05, 3.63) is 65.7 Å². The van der Waals surface area contributed by atoms with Crippen LogP contribution in [0.15, 0.2) is 54.6 Å². The summed E-state index contributed by atoms with van der Waals surface area (Å²) in [4.78, 5) is 12.1. The van der Waals surface area contributed by atoms with Crippen molar-refractivity contribution >= 4 is 11.6 Å². The van der Waals surface area contributed by atoms with E-state index >= 15 is 0 Å². The van der Waals surface area contributed by atoms with Crippen LogP contribution < -0.4 is 5.32 Å². The molecule has 1 amide bonds. The predicted octanol–water partition coefficient (Wildman–Crippen LogP) is 3.30. The van der Waals surface area contributed by atoms with E-state index in [0.717, 1.165) is 5.56 Å². The molecule has 0 spiro atoms. The van der Waals surface area contributed by atoms with Gasteiger partial charge in [0, 0.05) is 5.69 Å². The molecule has 2 aromatic rings. The van der Waals surface area contributed by atoms with E-state index in [1.165, 1.54) is 0 Å². The second-order valence-electron chi connectivity index (χ2n) is 4.31. The second-order valence-corrected chi connectivity index (χ2v) is 4.31. The normalized spacial score (nSPS) is 11.4. The molecule has 1 unspecified atom stereocenters. The van der Waals surface area contributed by atoms with Gasteiger partial charge in [-0.1, -0.05) is 30.3 Å². The van der Waals surface area contributed by atoms with E-state index in [1.54, 1.807) is 24.3 Å². The Balaban J connectivity index is 2.06. The van der Waals surface area contributed by atoms with Gasteiger partial charge in [0.2, 0.25) is 5.91 Å². The number of carbonyl (C=O) groups is 1. The monoisotopic (exact) mass is 250 g/mol. The second kappa shape index (κ2) is 5.83. The first-order chi connectivity index (χ1) is 9.20. The summed E-state index contributed by atoms with van der Waals surface area (Å²) >= 11 is 0. The van der Waals surface area contributed by atoms with E-state index in [1.807, 2.05) is 43.3 Å². The van der Waals surface area contributed by atoms with Crippen molar-refractivity contribution in [3.63, 3.8) is 0 Å². The molecule has 1 atom stereocenters. The third-order valence-electron chi connectivity index (χ3n) is 2.97. The molecule has 19 heavy (non-hydrogen) atoms. The highest BCUT2D eigenvalue weighted by Gasteiger charge is 2.14. The first kappa shape index (κ1) is 12.8. The van der Waals surface area contributed by atoms with Crippen LogP contribution in [-0.4, -0.2) is 5.91 Å². The Kier molecular flexibility index (Phi) is 3.94. The van der Waals surface area contributed by atoms with Gasteiger partial charge in [-0.3, -0.25) is 4.79 Å². The number of hydrogen-bond donors (Lipinski definition) is 1. The Hall–Kier alpha value is -2.60. The lowest BCUT2D eigenvalue weighted by Gasteiger charge is -2.12. The summed E-state index contributed by atoms with van der Waals surface area (Å²) in [6.07, 6.45) is 0. The lowest BCUT2D eigenvalue weighted by molar-refractivity contribution is -0.117. The topological polar surface area (TPSA) is 52.9 Å². The molecule has 94 valence electrons. The van der Waals surface area contributed by atoms with Gasteiger partial charge in [0.05, 0.1) is 17.6 Å². The summed E-state index contributed by atoms with van der Waals surface area (Å²) in [6.45, 7) is 1.87. The van der Waals surface area contributed by atoms with Crippen LogP contribution in [0.4, 0.5) is 5.69 Å². The number of anilines is 1. The van der Waals surface area contributed by atoms with Gasteiger partial charge in [-0.25, -0.2) is 0 Å². The fraction of sp³-hybridized carbons (Fsp3) is 0.125. The molecule has 0 radical (unpaired) electrons. The van der Waals surface area contributed by atoms with Gasteiger partial charge in [-0.2, -0.15) is 5.26 Å². The molecule has 0 aliphatic heterocycles. The largest absolute Gasteiger partial charge is 0.326 e. The van der Waals surface area contributed by atoms with Crippen molar-refractivity contribution in [2.75, 3.05) is 5.32 Å². The lowest BCUT2D eigenvalue weighted by atomic mass is 10.0. The Morgan fingerprint density at radius 3 is 2.32 bits per heavy atom. The molecule has 3 nitrogen and oxygen atoms in total. The van der Waals surface area contributed by atoms with Crippen molar-refractivity contribution in [3.8, 4) is 6.07 Å². The standard InChI is InChI=1S/C16H14N2O/c1-12(14-5-3-2-4-6-14)16(19)18-15-9-7-13(11-17)8-10-15/h2-10,12H,1H3,(H,18,19). The first-order valence-electron chi connectivity index (χ1n) is 6.06. The summed E-state index contributed by atoms with van der Waals surface area (Å²) in [6, 6.07) is 18.5. The Morgan fingerprint density at radius 2 is 1.74 bits per heavy atom. The average molecular weight is 250 g/mol. The molecule has 0 fully saturated rings. The van der Waals surface area contributed by atoms with Crippen LogP contribution in [0, 0.1) is 11.3 Å². The highest BCUT2D eigenvalue weighted by atomic mass is 16.1. The third kappa shape index (κ3) is 3.20. The minimum Gasteiger partial charge on any atom is -0.326 e. The van der Waals surface area contributed by atoms with Crippen molar-refractivity contribution in [2.45, 2.75) is 12.8 Å². The van der Waals surface area contributed by atoms with E-state index in [2.05, 4.69) is 5.32 Å². The molecular weight excluding hydrogens is 236 g/mol. The number of nitrogens with zero attached hydrogens (tertiary/aromatic N) is 1. The smallest absolute Gasteiger partial charge is 0.231 e. The molecular formula is C16H14N2O. The number of rotatable bonds is 3. The molecule has 0 aliphatic carbocycles. The summed E-state index contributed by atoms with van der Waals surface area (Å²) in [5.74, 6) is -0.271. The minimum atomic E-state index is -0.211. The van der Waals surface area contributed by atoms with Gasteiger partial charge in [-0.05, 0) is 36.8 Å². The first-order valence-corrected chi connectivity index (χ1v) is 6.06. The molecule has 2 aromatic carbocycles. The van der Waals surface area contributed by atoms with E-state index < -0.39 is 0 Å². The van der Waals surface area contributed by atoms with Crippen molar-refractivity contribution in [1.82, 2.24) is 0 Å². The molecule has 1 N–H and O–H groups in total. The van der Waals surface area contributed by atoms with Crippen LogP contribution in [0.2, 0.25) is 0 Å². The van der Waals surface area contributed by atoms with Gasteiger partial charge in [0.1, 0.15) is 0 Å². The minimum absolute atomic E-state index is 0.0593. The van der Waals surface area contributed by atoms with Crippen LogP contribution in [0.5, 0.6) is 0 Å². The van der Waals surface area contributed by atoms with E-state index in [9.17, 15) is 4.79 Å². The van der Waals surface area contributed by atoms with E-state index in [-0.39, 0.29) is 11.8 Å².